The second kappa shape index (κ2) is 13.0. The van der Waals surface area contributed by atoms with Crippen molar-refractivity contribution in [2.24, 2.45) is 0 Å². The summed E-state index contributed by atoms with van der Waals surface area (Å²) >= 11 is 0. The number of anilines is 4. The number of hydrogen-bond donors (Lipinski definition) is 3. The zero-order valence-corrected chi connectivity index (χ0v) is 25.3. The average molecular weight is 573 g/mol. The minimum atomic E-state index is -3.80. The van der Waals surface area contributed by atoms with Gasteiger partial charge in [0.2, 0.25) is 5.95 Å². The zero-order chi connectivity index (χ0) is 27.4. The monoisotopic (exact) mass is 572 g/mol. The van der Waals surface area contributed by atoms with Crippen LogP contribution in [0, 0.1) is 0 Å². The molecule has 2 aromatic carbocycles. The predicted octanol–water partition coefficient (Wildman–Crippen LogP) is 6.22. The van der Waals surface area contributed by atoms with E-state index in [-0.39, 0.29) is 24.2 Å². The first-order valence-corrected chi connectivity index (χ1v) is 14.9. The highest BCUT2D eigenvalue weighted by molar-refractivity contribution is 7.92. The predicted molar refractivity (Wildman–Crippen MR) is 164 cm³/mol. The second-order valence-corrected chi connectivity index (χ2v) is 12.4. The molecule has 2 heterocycles. The van der Waals surface area contributed by atoms with Gasteiger partial charge >= 0.3 is 0 Å². The number of nitrogens with zero attached hydrogens (tertiary/aromatic N) is 3. The van der Waals surface area contributed by atoms with Crippen LogP contribution in [-0.2, 0) is 10.0 Å². The van der Waals surface area contributed by atoms with Gasteiger partial charge in [-0.05, 0) is 64.8 Å². The lowest BCUT2D eigenvalue weighted by Gasteiger charge is -2.27. The summed E-state index contributed by atoms with van der Waals surface area (Å²) in [5.41, 5.74) is 4.20. The Labute approximate surface area is 239 Å². The minimum Gasteiger partial charge on any atom is -0.340 e. The molecule has 0 unspecified atom stereocenters. The Morgan fingerprint density at radius 3 is 1.95 bits per heavy atom. The number of piperazine rings is 1. The Hall–Kier alpha value is -2.88. The van der Waals surface area contributed by atoms with Crippen molar-refractivity contribution in [1.82, 2.24) is 15.3 Å². The van der Waals surface area contributed by atoms with Crippen molar-refractivity contribution >= 4 is 45.6 Å². The molecule has 0 atom stereocenters. The Bertz CT molecular complexity index is 1330. The lowest BCUT2D eigenvalue weighted by Crippen LogP contribution is -2.44. The summed E-state index contributed by atoms with van der Waals surface area (Å²) in [6.07, 6.45) is 1.75. The first-order valence-electron chi connectivity index (χ1n) is 13.4. The molecule has 39 heavy (non-hydrogen) atoms. The molecule has 8 nitrogen and oxygen atoms in total. The molecule has 0 saturated carbocycles. The highest BCUT2D eigenvalue weighted by Crippen LogP contribution is 2.36. The van der Waals surface area contributed by atoms with E-state index < -0.39 is 10.0 Å². The fourth-order valence-electron chi connectivity index (χ4n) is 4.61. The van der Waals surface area contributed by atoms with Crippen LogP contribution in [0.5, 0.6) is 0 Å². The SMILES string of the molecule is CC(C)c1cc(C(C)C)c(S(=O)(=O)Nc2ccc(Nc3ccnc(N4CCNCC4)n3)cc2)c(C(C)C)c1.Cl. The molecule has 0 aliphatic carbocycles. The van der Waals surface area contributed by atoms with Gasteiger partial charge in [0.05, 0.1) is 4.90 Å². The van der Waals surface area contributed by atoms with Crippen LogP contribution in [-0.4, -0.2) is 44.6 Å². The summed E-state index contributed by atoms with van der Waals surface area (Å²) < 4.78 is 30.3. The van der Waals surface area contributed by atoms with E-state index in [0.717, 1.165) is 48.6 Å². The van der Waals surface area contributed by atoms with Gasteiger partial charge < -0.3 is 15.5 Å². The number of nitrogens with one attached hydrogen (secondary N) is 3. The molecule has 3 N–H and O–H groups in total. The molecule has 10 heteroatoms. The maximum Gasteiger partial charge on any atom is 0.262 e. The quantitative estimate of drug-likeness (QED) is 0.280. The van der Waals surface area contributed by atoms with Crippen LogP contribution in [0.2, 0.25) is 0 Å². The zero-order valence-electron chi connectivity index (χ0n) is 23.7. The van der Waals surface area contributed by atoms with Crippen LogP contribution < -0.4 is 20.3 Å². The Morgan fingerprint density at radius 2 is 1.41 bits per heavy atom. The van der Waals surface area contributed by atoms with Crippen LogP contribution in [0.3, 0.4) is 0 Å². The fourth-order valence-corrected chi connectivity index (χ4v) is 6.37. The summed E-state index contributed by atoms with van der Waals surface area (Å²) in [5, 5.41) is 6.63. The van der Waals surface area contributed by atoms with Crippen molar-refractivity contribution in [1.29, 1.82) is 0 Å². The van der Waals surface area contributed by atoms with Crippen molar-refractivity contribution in [2.75, 3.05) is 41.1 Å². The Morgan fingerprint density at radius 1 is 0.846 bits per heavy atom. The van der Waals surface area contributed by atoms with Gasteiger partial charge in [-0.2, -0.15) is 4.98 Å². The molecule has 1 saturated heterocycles. The van der Waals surface area contributed by atoms with Gasteiger partial charge in [-0.15, -0.1) is 12.4 Å². The van der Waals surface area contributed by atoms with Crippen LogP contribution in [0.25, 0.3) is 0 Å². The number of halogens is 1. The maximum absolute atomic E-state index is 13.7. The van der Waals surface area contributed by atoms with Crippen molar-refractivity contribution in [2.45, 2.75) is 64.2 Å². The van der Waals surface area contributed by atoms with E-state index >= 15 is 0 Å². The molecule has 1 aliphatic rings. The number of aromatic nitrogens is 2. The van der Waals surface area contributed by atoms with Crippen molar-refractivity contribution in [3.05, 3.63) is 65.4 Å². The largest absolute Gasteiger partial charge is 0.340 e. The van der Waals surface area contributed by atoms with Gasteiger partial charge in [0.15, 0.2) is 0 Å². The first-order chi connectivity index (χ1) is 18.0. The molecule has 0 amide bonds. The highest BCUT2D eigenvalue weighted by atomic mass is 35.5. The van der Waals surface area contributed by atoms with Gasteiger partial charge in [-0.25, -0.2) is 13.4 Å². The molecular formula is C29H41ClN6O2S. The summed E-state index contributed by atoms with van der Waals surface area (Å²) in [6, 6.07) is 13.2. The first kappa shape index (κ1) is 30.7. The summed E-state index contributed by atoms with van der Waals surface area (Å²) in [7, 11) is -3.80. The van der Waals surface area contributed by atoms with E-state index in [9.17, 15) is 8.42 Å². The molecule has 1 fully saturated rings. The van der Waals surface area contributed by atoms with Gasteiger partial charge in [-0.1, -0.05) is 53.7 Å². The molecular weight excluding hydrogens is 532 g/mol. The number of rotatable bonds is 9. The van der Waals surface area contributed by atoms with E-state index in [4.69, 9.17) is 0 Å². The van der Waals surface area contributed by atoms with Crippen molar-refractivity contribution < 1.29 is 8.42 Å². The van der Waals surface area contributed by atoms with Crippen LogP contribution in [0.1, 0.15) is 76.0 Å². The lowest BCUT2D eigenvalue weighted by atomic mass is 9.89. The standard InChI is InChI=1S/C29H40N6O2S.ClH/c1-19(2)22-17-25(20(3)4)28(26(18-22)21(5)6)38(36,37)34-24-9-7-23(8-10-24)32-27-11-12-31-29(33-27)35-15-13-30-14-16-35;/h7-12,17-21,30,34H,13-16H2,1-6H3,(H,31,32,33);1H. The smallest absolute Gasteiger partial charge is 0.262 e. The van der Waals surface area contributed by atoms with E-state index in [1.165, 1.54) is 0 Å². The number of sulfonamides is 1. The van der Waals surface area contributed by atoms with Gasteiger partial charge in [0, 0.05) is 43.8 Å². The maximum atomic E-state index is 13.7. The number of benzene rings is 2. The van der Waals surface area contributed by atoms with Crippen molar-refractivity contribution in [3.63, 3.8) is 0 Å². The van der Waals surface area contributed by atoms with E-state index in [1.807, 2.05) is 45.9 Å². The molecule has 0 spiro atoms. The Balaban J connectivity index is 0.00000420. The van der Waals surface area contributed by atoms with Gasteiger partial charge in [0.25, 0.3) is 10.0 Å². The molecule has 212 valence electrons. The molecule has 3 aromatic rings. The number of hydrogen-bond acceptors (Lipinski definition) is 7. The molecule has 1 aromatic heterocycles. The molecule has 4 rings (SSSR count). The van der Waals surface area contributed by atoms with E-state index in [0.29, 0.717) is 28.3 Å². The Kier molecular flexibility index (Phi) is 10.2. The third-order valence-corrected chi connectivity index (χ3v) is 8.31. The van der Waals surface area contributed by atoms with Gasteiger partial charge in [0.1, 0.15) is 5.82 Å². The van der Waals surface area contributed by atoms with Crippen molar-refractivity contribution in [3.8, 4) is 0 Å². The van der Waals surface area contributed by atoms with E-state index in [2.05, 4.69) is 56.2 Å². The molecule has 0 bridgehead atoms. The average Bonchev–Trinajstić information content (AvgIpc) is 2.89. The lowest BCUT2D eigenvalue weighted by molar-refractivity contribution is 0.580. The summed E-state index contributed by atoms with van der Waals surface area (Å²) in [4.78, 5) is 11.6. The summed E-state index contributed by atoms with van der Waals surface area (Å²) in [6.45, 7) is 16.0. The topological polar surface area (TPSA) is 99.2 Å². The second-order valence-electron chi connectivity index (χ2n) is 10.8. The normalized spacial score (nSPS) is 14.0. The fraction of sp³-hybridized carbons (Fsp3) is 0.448. The van der Waals surface area contributed by atoms with Crippen LogP contribution in [0.4, 0.5) is 23.1 Å². The third-order valence-electron chi connectivity index (χ3n) is 6.80. The minimum absolute atomic E-state index is 0. The summed E-state index contributed by atoms with van der Waals surface area (Å²) in [5.74, 6) is 1.85. The van der Waals surface area contributed by atoms with Gasteiger partial charge in [-0.3, -0.25) is 4.72 Å². The van der Waals surface area contributed by atoms with Crippen LogP contribution in [0.15, 0.2) is 53.6 Å². The highest BCUT2D eigenvalue weighted by Gasteiger charge is 2.27. The molecule has 1 aliphatic heterocycles. The van der Waals surface area contributed by atoms with E-state index in [1.54, 1.807) is 18.3 Å². The van der Waals surface area contributed by atoms with Crippen LogP contribution >= 0.6 is 12.4 Å². The third kappa shape index (κ3) is 7.41. The molecule has 0 radical (unpaired) electrons.